The first-order valence-electron chi connectivity index (χ1n) is 8.77. The Morgan fingerprint density at radius 3 is 2.77 bits per heavy atom. The number of nitrogens with one attached hydrogen (secondary N) is 2. The smallest absolute Gasteiger partial charge is 0.275 e. The molecule has 0 aliphatic rings. The standard InChI is InChI=1S/C21H24N2O3/c1-15(20-12-17-8-4-5-10-19(17)26-20)22-21(24)14-23(2)13-16-7-6-9-18(11-16)25-3/h4-12,15H,13-14H2,1-3H3,(H,22,24)/p+1/t15-/m1/s1. The number of furan rings is 1. The summed E-state index contributed by atoms with van der Waals surface area (Å²) in [4.78, 5) is 13.5. The Hall–Kier alpha value is -2.79. The third-order valence-corrected chi connectivity index (χ3v) is 4.35. The number of carbonyl (C=O) groups is 1. The Kier molecular flexibility index (Phi) is 5.58. The molecule has 2 N–H and O–H groups in total. The number of hydrogen-bond donors (Lipinski definition) is 2. The summed E-state index contributed by atoms with van der Waals surface area (Å²) < 4.78 is 11.1. The molecular weight excluding hydrogens is 328 g/mol. The van der Waals surface area contributed by atoms with Crippen molar-refractivity contribution in [2.45, 2.75) is 19.5 Å². The third kappa shape index (κ3) is 4.43. The summed E-state index contributed by atoms with van der Waals surface area (Å²) >= 11 is 0. The number of fused-ring (bicyclic) bond motifs is 1. The lowest BCUT2D eigenvalue weighted by Crippen LogP contribution is -3.08. The second kappa shape index (κ2) is 8.06. The van der Waals surface area contributed by atoms with E-state index < -0.39 is 0 Å². The molecule has 2 aromatic carbocycles. The molecule has 0 spiro atoms. The van der Waals surface area contributed by atoms with Crippen molar-refractivity contribution in [1.29, 1.82) is 0 Å². The second-order valence-corrected chi connectivity index (χ2v) is 6.64. The molecule has 0 radical (unpaired) electrons. The lowest BCUT2D eigenvalue weighted by molar-refractivity contribution is -0.885. The topological polar surface area (TPSA) is 55.9 Å². The SMILES string of the molecule is COc1cccc(C[NH+](C)CC(=O)N[C@H](C)c2cc3ccccc3o2)c1. The van der Waals surface area contributed by atoms with Crippen LogP contribution in [0, 0.1) is 0 Å². The highest BCUT2D eigenvalue weighted by atomic mass is 16.5. The Morgan fingerprint density at radius 1 is 1.19 bits per heavy atom. The monoisotopic (exact) mass is 353 g/mol. The number of para-hydroxylation sites is 1. The van der Waals surface area contributed by atoms with E-state index in [0.29, 0.717) is 6.54 Å². The fourth-order valence-corrected chi connectivity index (χ4v) is 3.05. The fourth-order valence-electron chi connectivity index (χ4n) is 3.05. The largest absolute Gasteiger partial charge is 0.497 e. The van der Waals surface area contributed by atoms with Gasteiger partial charge in [0.25, 0.3) is 5.91 Å². The van der Waals surface area contributed by atoms with Gasteiger partial charge in [-0.2, -0.15) is 0 Å². The van der Waals surface area contributed by atoms with Crippen molar-refractivity contribution in [3.8, 4) is 5.75 Å². The van der Waals surface area contributed by atoms with Gasteiger partial charge in [0, 0.05) is 10.9 Å². The van der Waals surface area contributed by atoms with Crippen LogP contribution in [0.3, 0.4) is 0 Å². The predicted octanol–water partition coefficient (Wildman–Crippen LogP) is 2.33. The zero-order chi connectivity index (χ0) is 18.5. The number of quaternary nitrogens is 1. The molecule has 0 bridgehead atoms. The maximum atomic E-state index is 12.4. The molecule has 3 rings (SSSR count). The van der Waals surface area contributed by atoms with Crippen LogP contribution in [-0.2, 0) is 11.3 Å². The van der Waals surface area contributed by atoms with Crippen LogP contribution in [-0.4, -0.2) is 26.6 Å². The molecule has 5 nitrogen and oxygen atoms in total. The van der Waals surface area contributed by atoms with Gasteiger partial charge in [-0.3, -0.25) is 4.79 Å². The van der Waals surface area contributed by atoms with Crippen molar-refractivity contribution in [1.82, 2.24) is 5.32 Å². The minimum Gasteiger partial charge on any atom is -0.497 e. The molecule has 1 amide bonds. The maximum absolute atomic E-state index is 12.4. The first-order valence-corrected chi connectivity index (χ1v) is 8.77. The van der Waals surface area contributed by atoms with Crippen molar-refractivity contribution in [3.05, 3.63) is 65.9 Å². The molecule has 5 heteroatoms. The van der Waals surface area contributed by atoms with Gasteiger partial charge in [-0.1, -0.05) is 30.3 Å². The van der Waals surface area contributed by atoms with Gasteiger partial charge in [0.1, 0.15) is 23.6 Å². The van der Waals surface area contributed by atoms with E-state index in [1.807, 2.05) is 68.6 Å². The van der Waals surface area contributed by atoms with Gasteiger partial charge in [0.2, 0.25) is 0 Å². The van der Waals surface area contributed by atoms with Gasteiger partial charge < -0.3 is 19.4 Å². The number of amides is 1. The van der Waals surface area contributed by atoms with Gasteiger partial charge in [-0.25, -0.2) is 0 Å². The number of benzene rings is 2. The van der Waals surface area contributed by atoms with Crippen LogP contribution in [0.15, 0.2) is 59.0 Å². The van der Waals surface area contributed by atoms with E-state index in [-0.39, 0.29) is 11.9 Å². The number of carbonyl (C=O) groups excluding carboxylic acids is 1. The summed E-state index contributed by atoms with van der Waals surface area (Å²) in [6, 6.07) is 17.6. The highest BCUT2D eigenvalue weighted by Gasteiger charge is 2.17. The molecular formula is C21H25N2O3+. The van der Waals surface area contributed by atoms with Crippen LogP contribution in [0.4, 0.5) is 0 Å². The Bertz CT molecular complexity index is 855. The Balaban J connectivity index is 1.55. The van der Waals surface area contributed by atoms with E-state index in [1.165, 1.54) is 0 Å². The van der Waals surface area contributed by atoms with Crippen LogP contribution in [0.5, 0.6) is 5.75 Å². The zero-order valence-corrected chi connectivity index (χ0v) is 15.4. The molecule has 0 aliphatic heterocycles. The quantitative estimate of drug-likeness (QED) is 0.685. The molecule has 0 saturated heterocycles. The van der Waals surface area contributed by atoms with Crippen LogP contribution in [0.2, 0.25) is 0 Å². The van der Waals surface area contributed by atoms with Crippen LogP contribution in [0.25, 0.3) is 11.0 Å². The summed E-state index contributed by atoms with van der Waals surface area (Å²) in [6.07, 6.45) is 0. The van der Waals surface area contributed by atoms with Gasteiger partial charge in [-0.15, -0.1) is 0 Å². The van der Waals surface area contributed by atoms with Gasteiger partial charge in [-0.05, 0) is 31.2 Å². The third-order valence-electron chi connectivity index (χ3n) is 4.35. The van der Waals surface area contributed by atoms with Gasteiger partial charge >= 0.3 is 0 Å². The zero-order valence-electron chi connectivity index (χ0n) is 15.4. The number of rotatable bonds is 7. The van der Waals surface area contributed by atoms with Gasteiger partial charge in [0.05, 0.1) is 20.2 Å². The first kappa shape index (κ1) is 18.0. The Morgan fingerprint density at radius 2 is 2.00 bits per heavy atom. The van der Waals surface area contributed by atoms with E-state index in [0.717, 1.165) is 39.5 Å². The molecule has 1 aromatic heterocycles. The number of ether oxygens (including phenoxy) is 1. The normalized spacial score (nSPS) is 13.3. The van der Waals surface area contributed by atoms with E-state index in [9.17, 15) is 4.79 Å². The van der Waals surface area contributed by atoms with Gasteiger partial charge in [0.15, 0.2) is 6.54 Å². The molecule has 1 heterocycles. The average Bonchev–Trinajstić information content (AvgIpc) is 3.06. The number of hydrogen-bond acceptors (Lipinski definition) is 3. The maximum Gasteiger partial charge on any atom is 0.275 e. The molecule has 26 heavy (non-hydrogen) atoms. The minimum atomic E-state index is -0.167. The minimum absolute atomic E-state index is 0.00153. The van der Waals surface area contributed by atoms with Crippen molar-refractivity contribution < 1.29 is 18.8 Å². The summed E-state index contributed by atoms with van der Waals surface area (Å²) in [6.45, 7) is 3.08. The molecule has 0 aliphatic carbocycles. The molecule has 136 valence electrons. The van der Waals surface area contributed by atoms with Crippen LogP contribution < -0.4 is 15.0 Å². The average molecular weight is 353 g/mol. The molecule has 0 fully saturated rings. The van der Waals surface area contributed by atoms with Crippen molar-refractivity contribution in [2.24, 2.45) is 0 Å². The summed E-state index contributed by atoms with van der Waals surface area (Å²) in [5.74, 6) is 1.60. The molecule has 0 saturated carbocycles. The lowest BCUT2D eigenvalue weighted by atomic mass is 10.2. The number of methoxy groups -OCH3 is 1. The highest BCUT2D eigenvalue weighted by Crippen LogP contribution is 2.23. The summed E-state index contributed by atoms with van der Waals surface area (Å²) in [5, 5.41) is 4.06. The Labute approximate surface area is 153 Å². The summed E-state index contributed by atoms with van der Waals surface area (Å²) in [5.41, 5.74) is 1.98. The molecule has 1 unspecified atom stereocenters. The van der Waals surface area contributed by atoms with Crippen molar-refractivity contribution in [3.63, 3.8) is 0 Å². The predicted molar refractivity (Wildman–Crippen MR) is 101 cm³/mol. The second-order valence-electron chi connectivity index (χ2n) is 6.64. The highest BCUT2D eigenvalue weighted by molar-refractivity contribution is 5.79. The van der Waals surface area contributed by atoms with Crippen molar-refractivity contribution >= 4 is 16.9 Å². The van der Waals surface area contributed by atoms with E-state index in [4.69, 9.17) is 9.15 Å². The van der Waals surface area contributed by atoms with E-state index >= 15 is 0 Å². The summed E-state index contributed by atoms with van der Waals surface area (Å²) in [7, 11) is 3.66. The van der Waals surface area contributed by atoms with Crippen molar-refractivity contribution in [2.75, 3.05) is 20.7 Å². The lowest BCUT2D eigenvalue weighted by Gasteiger charge is -2.16. The first-order chi connectivity index (χ1) is 12.5. The molecule has 2 atom stereocenters. The number of likely N-dealkylation sites (N-methyl/N-ethyl adjacent to an activating group) is 1. The fraction of sp³-hybridized carbons (Fsp3) is 0.286. The van der Waals surface area contributed by atoms with E-state index in [1.54, 1.807) is 7.11 Å². The van der Waals surface area contributed by atoms with Crippen LogP contribution in [0.1, 0.15) is 24.3 Å². The van der Waals surface area contributed by atoms with Crippen LogP contribution >= 0.6 is 0 Å². The molecule has 3 aromatic rings. The van der Waals surface area contributed by atoms with E-state index in [2.05, 4.69) is 5.32 Å².